The lowest BCUT2D eigenvalue weighted by Gasteiger charge is -2.35. The SMILES string of the molecule is CNC(=O)CCCCCCC(=O)N1CCN(C(=O)c2ccc(N(C)C)cc2)CC1. The number of anilines is 1. The Labute approximate surface area is 174 Å². The first kappa shape index (κ1) is 22.7. The lowest BCUT2D eigenvalue weighted by Crippen LogP contribution is -2.50. The zero-order valence-corrected chi connectivity index (χ0v) is 17.9. The number of nitrogens with one attached hydrogen (secondary N) is 1. The van der Waals surface area contributed by atoms with Crippen LogP contribution in [-0.4, -0.2) is 74.8 Å². The van der Waals surface area contributed by atoms with E-state index < -0.39 is 0 Å². The average Bonchev–Trinajstić information content (AvgIpc) is 2.75. The van der Waals surface area contributed by atoms with Gasteiger partial charge in [0.05, 0.1) is 0 Å². The molecule has 0 bridgehead atoms. The van der Waals surface area contributed by atoms with Crippen molar-refractivity contribution in [3.05, 3.63) is 29.8 Å². The third-order valence-corrected chi connectivity index (χ3v) is 5.37. The monoisotopic (exact) mass is 402 g/mol. The number of piperazine rings is 1. The van der Waals surface area contributed by atoms with Gasteiger partial charge in [-0.1, -0.05) is 12.8 Å². The van der Waals surface area contributed by atoms with Gasteiger partial charge in [-0.15, -0.1) is 0 Å². The first-order valence-corrected chi connectivity index (χ1v) is 10.5. The molecule has 0 atom stereocenters. The lowest BCUT2D eigenvalue weighted by molar-refractivity contribution is -0.132. The van der Waals surface area contributed by atoms with Gasteiger partial charge in [-0.05, 0) is 37.1 Å². The lowest BCUT2D eigenvalue weighted by atomic mass is 10.1. The van der Waals surface area contributed by atoms with Gasteiger partial charge in [0.2, 0.25) is 11.8 Å². The van der Waals surface area contributed by atoms with Crippen molar-refractivity contribution >= 4 is 23.4 Å². The molecule has 0 spiro atoms. The molecule has 0 aromatic heterocycles. The van der Waals surface area contributed by atoms with E-state index in [9.17, 15) is 14.4 Å². The van der Waals surface area contributed by atoms with Crippen LogP contribution in [0.1, 0.15) is 48.9 Å². The molecule has 1 aliphatic rings. The Hall–Kier alpha value is -2.57. The van der Waals surface area contributed by atoms with Crippen molar-refractivity contribution in [1.82, 2.24) is 15.1 Å². The Bertz CT molecular complexity index is 680. The minimum atomic E-state index is 0.0264. The number of carbonyl (C=O) groups is 3. The highest BCUT2D eigenvalue weighted by atomic mass is 16.2. The van der Waals surface area contributed by atoms with Crippen LogP contribution in [0.15, 0.2) is 24.3 Å². The fraction of sp³-hybridized carbons (Fsp3) is 0.591. The fourth-order valence-corrected chi connectivity index (χ4v) is 3.44. The molecule has 0 aliphatic carbocycles. The molecule has 1 fully saturated rings. The second-order valence-electron chi connectivity index (χ2n) is 7.70. The van der Waals surface area contributed by atoms with Crippen LogP contribution in [0.3, 0.4) is 0 Å². The molecule has 7 nitrogen and oxygen atoms in total. The number of carbonyl (C=O) groups excluding carboxylic acids is 3. The summed E-state index contributed by atoms with van der Waals surface area (Å²) in [5.41, 5.74) is 1.75. The zero-order valence-electron chi connectivity index (χ0n) is 17.9. The van der Waals surface area contributed by atoms with Crippen LogP contribution in [0.5, 0.6) is 0 Å². The van der Waals surface area contributed by atoms with Crippen LogP contribution in [0.4, 0.5) is 5.69 Å². The number of rotatable bonds is 9. The normalized spacial score (nSPS) is 13.9. The van der Waals surface area contributed by atoms with Crippen molar-refractivity contribution in [1.29, 1.82) is 0 Å². The maximum absolute atomic E-state index is 12.7. The Morgan fingerprint density at radius 2 is 1.41 bits per heavy atom. The number of amides is 3. The van der Waals surface area contributed by atoms with Crippen molar-refractivity contribution in [2.24, 2.45) is 0 Å². The summed E-state index contributed by atoms with van der Waals surface area (Å²) < 4.78 is 0. The predicted octanol–water partition coefficient (Wildman–Crippen LogP) is 2.12. The largest absolute Gasteiger partial charge is 0.378 e. The van der Waals surface area contributed by atoms with Crippen molar-refractivity contribution in [3.8, 4) is 0 Å². The van der Waals surface area contributed by atoms with Gasteiger partial charge in [-0.3, -0.25) is 14.4 Å². The molecule has 1 aromatic carbocycles. The zero-order chi connectivity index (χ0) is 21.2. The standard InChI is InChI=1S/C22H34N4O3/c1-23-20(27)8-6-4-5-7-9-21(28)25-14-16-26(17-15-25)22(29)18-10-12-19(13-11-18)24(2)3/h10-13H,4-9,14-17H2,1-3H3,(H,23,27). The molecule has 3 amide bonds. The molecule has 2 rings (SSSR count). The number of nitrogens with zero attached hydrogens (tertiary/aromatic N) is 3. The summed E-state index contributed by atoms with van der Waals surface area (Å²) in [7, 11) is 5.59. The van der Waals surface area contributed by atoms with Crippen molar-refractivity contribution in [3.63, 3.8) is 0 Å². The van der Waals surface area contributed by atoms with Crippen molar-refractivity contribution in [2.45, 2.75) is 38.5 Å². The van der Waals surface area contributed by atoms with Gasteiger partial charge in [0.1, 0.15) is 0 Å². The third kappa shape index (κ3) is 7.07. The number of benzene rings is 1. The molecule has 1 N–H and O–H groups in total. The van der Waals surface area contributed by atoms with Gasteiger partial charge in [0, 0.05) is 71.4 Å². The van der Waals surface area contributed by atoms with E-state index >= 15 is 0 Å². The highest BCUT2D eigenvalue weighted by Gasteiger charge is 2.24. The maximum atomic E-state index is 12.7. The first-order valence-electron chi connectivity index (χ1n) is 10.5. The maximum Gasteiger partial charge on any atom is 0.253 e. The highest BCUT2D eigenvalue weighted by Crippen LogP contribution is 2.15. The van der Waals surface area contributed by atoms with Gasteiger partial charge in [0.25, 0.3) is 5.91 Å². The summed E-state index contributed by atoms with van der Waals surface area (Å²) in [6.45, 7) is 2.34. The summed E-state index contributed by atoms with van der Waals surface area (Å²) in [6, 6.07) is 7.61. The van der Waals surface area contributed by atoms with Crippen LogP contribution < -0.4 is 10.2 Å². The average molecular weight is 403 g/mol. The van der Waals surface area contributed by atoms with Crippen LogP contribution in [0.2, 0.25) is 0 Å². The van der Waals surface area contributed by atoms with Crippen LogP contribution in [0.25, 0.3) is 0 Å². The van der Waals surface area contributed by atoms with Gasteiger partial charge in [0.15, 0.2) is 0 Å². The molecule has 0 radical (unpaired) electrons. The molecule has 1 aromatic rings. The molecule has 7 heteroatoms. The van der Waals surface area contributed by atoms with Crippen molar-refractivity contribution < 1.29 is 14.4 Å². The molecule has 0 saturated carbocycles. The minimum absolute atomic E-state index is 0.0264. The van der Waals surface area contributed by atoms with Crippen molar-refractivity contribution in [2.75, 3.05) is 52.2 Å². The van der Waals surface area contributed by atoms with E-state index in [-0.39, 0.29) is 17.7 Å². The predicted molar refractivity (Wildman–Crippen MR) is 115 cm³/mol. The van der Waals surface area contributed by atoms with Crippen LogP contribution >= 0.6 is 0 Å². The quantitative estimate of drug-likeness (QED) is 0.642. The van der Waals surface area contributed by atoms with Crippen LogP contribution in [0, 0.1) is 0 Å². The van der Waals surface area contributed by atoms with Gasteiger partial charge < -0.3 is 20.0 Å². The topological polar surface area (TPSA) is 73.0 Å². The molecule has 160 valence electrons. The molecule has 0 unspecified atom stereocenters. The van der Waals surface area contributed by atoms with Gasteiger partial charge in [-0.2, -0.15) is 0 Å². The van der Waals surface area contributed by atoms with E-state index in [0.29, 0.717) is 44.6 Å². The number of unbranched alkanes of at least 4 members (excludes halogenated alkanes) is 3. The highest BCUT2D eigenvalue weighted by molar-refractivity contribution is 5.94. The Balaban J connectivity index is 1.68. The Morgan fingerprint density at radius 1 is 0.862 bits per heavy atom. The first-order chi connectivity index (χ1) is 13.9. The number of hydrogen-bond acceptors (Lipinski definition) is 4. The van der Waals surface area contributed by atoms with Crippen LogP contribution in [-0.2, 0) is 9.59 Å². The summed E-state index contributed by atoms with van der Waals surface area (Å²) in [5.74, 6) is 0.263. The molecule has 1 heterocycles. The fourth-order valence-electron chi connectivity index (χ4n) is 3.44. The second-order valence-corrected chi connectivity index (χ2v) is 7.70. The van der Waals surface area contributed by atoms with E-state index in [4.69, 9.17) is 0 Å². The minimum Gasteiger partial charge on any atom is -0.378 e. The van der Waals surface area contributed by atoms with E-state index in [2.05, 4.69) is 5.32 Å². The summed E-state index contributed by atoms with van der Waals surface area (Å²) in [6.07, 6.45) is 4.74. The van der Waals surface area contributed by atoms with E-state index in [1.54, 1.807) is 7.05 Å². The molecular formula is C22H34N4O3. The second kappa shape index (κ2) is 11.4. The number of hydrogen-bond donors (Lipinski definition) is 1. The smallest absolute Gasteiger partial charge is 0.253 e. The molecule has 1 aliphatic heterocycles. The van der Waals surface area contributed by atoms with E-state index in [1.165, 1.54) is 0 Å². The Morgan fingerprint density at radius 3 is 1.97 bits per heavy atom. The summed E-state index contributed by atoms with van der Waals surface area (Å²) >= 11 is 0. The van der Waals surface area contributed by atoms with Gasteiger partial charge >= 0.3 is 0 Å². The molecule has 1 saturated heterocycles. The third-order valence-electron chi connectivity index (χ3n) is 5.37. The van der Waals surface area contributed by atoms with E-state index in [1.807, 2.05) is 53.1 Å². The molecule has 29 heavy (non-hydrogen) atoms. The summed E-state index contributed by atoms with van der Waals surface area (Å²) in [5, 5.41) is 2.62. The summed E-state index contributed by atoms with van der Waals surface area (Å²) in [4.78, 5) is 41.9. The van der Waals surface area contributed by atoms with E-state index in [0.717, 1.165) is 31.4 Å². The molecular weight excluding hydrogens is 368 g/mol. The Kier molecular flexibility index (Phi) is 8.96. The van der Waals surface area contributed by atoms with Gasteiger partial charge in [-0.25, -0.2) is 0 Å².